The summed E-state index contributed by atoms with van der Waals surface area (Å²) in [6.07, 6.45) is 4.09. The van der Waals surface area contributed by atoms with E-state index in [2.05, 4.69) is 22.1 Å². The molecule has 0 saturated carbocycles. The molecule has 0 radical (unpaired) electrons. The summed E-state index contributed by atoms with van der Waals surface area (Å²) in [6.45, 7) is 4.27. The first-order valence-electron chi connectivity index (χ1n) is 8.01. The van der Waals surface area contributed by atoms with E-state index >= 15 is 0 Å². The average molecular weight is 364 g/mol. The molecule has 1 N–H and O–H groups in total. The Kier molecular flexibility index (Phi) is 5.27. The summed E-state index contributed by atoms with van der Waals surface area (Å²) in [5, 5.41) is 3.50. The van der Waals surface area contributed by atoms with Crippen LogP contribution in [0.2, 0.25) is 10.0 Å². The third kappa shape index (κ3) is 3.82. The van der Waals surface area contributed by atoms with Crippen molar-refractivity contribution in [1.29, 1.82) is 0 Å². The maximum Gasteiger partial charge on any atom is 0.274 e. The van der Waals surface area contributed by atoms with E-state index in [4.69, 9.17) is 23.2 Å². The SMILES string of the molecule is CC1CCCN(c2ccnc(C(=O)Nc3cccc(Cl)c3Cl)c2)C1. The van der Waals surface area contributed by atoms with Crippen LogP contribution < -0.4 is 10.2 Å². The molecule has 1 aliphatic heterocycles. The molecule has 1 saturated heterocycles. The lowest BCUT2D eigenvalue weighted by Crippen LogP contribution is -2.34. The van der Waals surface area contributed by atoms with E-state index in [0.717, 1.165) is 18.8 Å². The Morgan fingerprint density at radius 1 is 1.33 bits per heavy atom. The Morgan fingerprint density at radius 2 is 2.17 bits per heavy atom. The summed E-state index contributed by atoms with van der Waals surface area (Å²) in [5.41, 5.74) is 1.87. The quantitative estimate of drug-likeness (QED) is 0.845. The van der Waals surface area contributed by atoms with Crippen molar-refractivity contribution < 1.29 is 4.79 Å². The fraction of sp³-hybridized carbons (Fsp3) is 0.333. The highest BCUT2D eigenvalue weighted by Crippen LogP contribution is 2.30. The average Bonchev–Trinajstić information content (AvgIpc) is 2.59. The first kappa shape index (κ1) is 17.1. The molecule has 0 aliphatic carbocycles. The molecule has 0 bridgehead atoms. The zero-order valence-electron chi connectivity index (χ0n) is 13.4. The lowest BCUT2D eigenvalue weighted by molar-refractivity contribution is 0.102. The minimum Gasteiger partial charge on any atom is -0.371 e. The van der Waals surface area contributed by atoms with E-state index < -0.39 is 0 Å². The molecule has 1 amide bonds. The summed E-state index contributed by atoms with van der Waals surface area (Å²) in [4.78, 5) is 19.0. The summed E-state index contributed by atoms with van der Waals surface area (Å²) in [6, 6.07) is 8.90. The van der Waals surface area contributed by atoms with Crippen LogP contribution in [0.25, 0.3) is 0 Å². The predicted molar refractivity (Wildman–Crippen MR) is 99.3 cm³/mol. The first-order chi connectivity index (χ1) is 11.5. The number of pyridine rings is 1. The maximum absolute atomic E-state index is 12.5. The van der Waals surface area contributed by atoms with Crippen LogP contribution in [0.3, 0.4) is 0 Å². The summed E-state index contributed by atoms with van der Waals surface area (Å²) in [7, 11) is 0. The van der Waals surface area contributed by atoms with E-state index in [1.807, 2.05) is 12.1 Å². The molecule has 2 heterocycles. The normalized spacial score (nSPS) is 17.6. The standard InChI is InChI=1S/C18H19Cl2N3O/c1-12-4-3-9-23(11-12)13-7-8-21-16(10-13)18(24)22-15-6-2-5-14(19)17(15)20/h2,5-8,10,12H,3-4,9,11H2,1H3,(H,22,24). The van der Waals surface area contributed by atoms with Gasteiger partial charge in [-0.05, 0) is 43.0 Å². The van der Waals surface area contributed by atoms with Gasteiger partial charge in [-0.1, -0.05) is 36.2 Å². The Morgan fingerprint density at radius 3 is 2.96 bits per heavy atom. The van der Waals surface area contributed by atoms with Gasteiger partial charge in [0, 0.05) is 25.0 Å². The number of hydrogen-bond donors (Lipinski definition) is 1. The monoisotopic (exact) mass is 363 g/mol. The van der Waals surface area contributed by atoms with Crippen LogP contribution >= 0.6 is 23.2 Å². The number of nitrogens with one attached hydrogen (secondary N) is 1. The second-order valence-electron chi connectivity index (χ2n) is 6.15. The molecule has 1 atom stereocenters. The Bertz CT molecular complexity index is 751. The lowest BCUT2D eigenvalue weighted by atomic mass is 10.00. The number of aromatic nitrogens is 1. The van der Waals surface area contributed by atoms with Crippen molar-refractivity contribution in [3.8, 4) is 0 Å². The van der Waals surface area contributed by atoms with Gasteiger partial charge in [0.05, 0.1) is 15.7 Å². The minimum absolute atomic E-state index is 0.300. The van der Waals surface area contributed by atoms with Gasteiger partial charge in [0.1, 0.15) is 5.69 Å². The predicted octanol–water partition coefficient (Wildman–Crippen LogP) is 4.88. The number of nitrogens with zero attached hydrogens (tertiary/aromatic N) is 2. The molecule has 0 spiro atoms. The van der Waals surface area contributed by atoms with Gasteiger partial charge in [-0.2, -0.15) is 0 Å². The second kappa shape index (κ2) is 7.41. The lowest BCUT2D eigenvalue weighted by Gasteiger charge is -2.32. The molecule has 3 rings (SSSR count). The highest BCUT2D eigenvalue weighted by Gasteiger charge is 2.18. The number of amides is 1. The molecular weight excluding hydrogens is 345 g/mol. The van der Waals surface area contributed by atoms with Crippen LogP contribution in [0.1, 0.15) is 30.3 Å². The van der Waals surface area contributed by atoms with Crippen LogP contribution in [-0.2, 0) is 0 Å². The van der Waals surface area contributed by atoms with Crippen molar-refractivity contribution in [2.24, 2.45) is 5.92 Å². The zero-order chi connectivity index (χ0) is 17.1. The number of anilines is 2. The third-order valence-corrected chi connectivity index (χ3v) is 5.02. The maximum atomic E-state index is 12.5. The second-order valence-corrected chi connectivity index (χ2v) is 6.93. The smallest absolute Gasteiger partial charge is 0.274 e. The Hall–Kier alpha value is -1.78. The molecule has 126 valence electrons. The summed E-state index contributed by atoms with van der Waals surface area (Å²) < 4.78 is 0. The number of halogens is 2. The van der Waals surface area contributed by atoms with Crippen LogP contribution in [0, 0.1) is 5.92 Å². The van der Waals surface area contributed by atoms with E-state index in [-0.39, 0.29) is 5.91 Å². The molecule has 1 aromatic carbocycles. The van der Waals surface area contributed by atoms with Gasteiger partial charge in [0.25, 0.3) is 5.91 Å². The molecule has 1 aromatic heterocycles. The van der Waals surface area contributed by atoms with Crippen molar-refractivity contribution in [2.75, 3.05) is 23.3 Å². The highest BCUT2D eigenvalue weighted by atomic mass is 35.5. The largest absolute Gasteiger partial charge is 0.371 e. The molecular formula is C18H19Cl2N3O. The number of carbonyl (C=O) groups excluding carboxylic acids is 1. The Balaban J connectivity index is 1.78. The summed E-state index contributed by atoms with van der Waals surface area (Å²) >= 11 is 12.1. The van der Waals surface area contributed by atoms with Gasteiger partial charge in [0.2, 0.25) is 0 Å². The molecule has 24 heavy (non-hydrogen) atoms. The van der Waals surface area contributed by atoms with Crippen LogP contribution in [-0.4, -0.2) is 24.0 Å². The fourth-order valence-electron chi connectivity index (χ4n) is 2.95. The summed E-state index contributed by atoms with van der Waals surface area (Å²) in [5.74, 6) is 0.362. The third-order valence-electron chi connectivity index (χ3n) is 4.20. The molecule has 6 heteroatoms. The number of rotatable bonds is 3. The van der Waals surface area contributed by atoms with Gasteiger partial charge in [0.15, 0.2) is 0 Å². The van der Waals surface area contributed by atoms with E-state index in [1.54, 1.807) is 24.4 Å². The van der Waals surface area contributed by atoms with E-state index in [1.165, 1.54) is 12.8 Å². The number of hydrogen-bond acceptors (Lipinski definition) is 3. The molecule has 1 aliphatic rings. The first-order valence-corrected chi connectivity index (χ1v) is 8.76. The molecule has 2 aromatic rings. The van der Waals surface area contributed by atoms with Gasteiger partial charge in [-0.15, -0.1) is 0 Å². The van der Waals surface area contributed by atoms with Crippen molar-refractivity contribution in [3.05, 3.63) is 52.3 Å². The van der Waals surface area contributed by atoms with Crippen molar-refractivity contribution >= 4 is 40.5 Å². The van der Waals surface area contributed by atoms with Gasteiger partial charge in [-0.3, -0.25) is 9.78 Å². The Labute approximate surface area is 151 Å². The molecule has 1 fully saturated rings. The zero-order valence-corrected chi connectivity index (χ0v) is 14.9. The highest BCUT2D eigenvalue weighted by molar-refractivity contribution is 6.44. The topological polar surface area (TPSA) is 45.2 Å². The molecule has 1 unspecified atom stereocenters. The fourth-order valence-corrected chi connectivity index (χ4v) is 3.30. The van der Waals surface area contributed by atoms with Crippen molar-refractivity contribution in [2.45, 2.75) is 19.8 Å². The van der Waals surface area contributed by atoms with E-state index in [0.29, 0.717) is 27.3 Å². The van der Waals surface area contributed by atoms with Gasteiger partial charge >= 0.3 is 0 Å². The van der Waals surface area contributed by atoms with E-state index in [9.17, 15) is 4.79 Å². The number of benzene rings is 1. The van der Waals surface area contributed by atoms with Crippen LogP contribution in [0.15, 0.2) is 36.5 Å². The van der Waals surface area contributed by atoms with Crippen molar-refractivity contribution in [3.63, 3.8) is 0 Å². The molecule has 4 nitrogen and oxygen atoms in total. The number of carbonyl (C=O) groups is 1. The van der Waals surface area contributed by atoms with Crippen LogP contribution in [0.4, 0.5) is 11.4 Å². The minimum atomic E-state index is -0.300. The van der Waals surface area contributed by atoms with Crippen molar-refractivity contribution in [1.82, 2.24) is 4.98 Å². The van der Waals surface area contributed by atoms with Gasteiger partial charge in [-0.25, -0.2) is 0 Å². The van der Waals surface area contributed by atoms with Crippen LogP contribution in [0.5, 0.6) is 0 Å². The number of piperidine rings is 1. The van der Waals surface area contributed by atoms with Gasteiger partial charge < -0.3 is 10.2 Å².